The molecule has 0 aromatic heterocycles. The Kier molecular flexibility index (Phi) is 2.94. The van der Waals surface area contributed by atoms with Crippen LogP contribution in [0.4, 0.5) is 0 Å². The van der Waals surface area contributed by atoms with Gasteiger partial charge in [0.1, 0.15) is 5.75 Å². The van der Waals surface area contributed by atoms with Crippen molar-refractivity contribution in [2.24, 2.45) is 0 Å². The second-order valence-corrected chi connectivity index (χ2v) is 4.84. The van der Waals surface area contributed by atoms with Gasteiger partial charge in [0.15, 0.2) is 0 Å². The van der Waals surface area contributed by atoms with Crippen LogP contribution in [0.25, 0.3) is 0 Å². The van der Waals surface area contributed by atoms with Crippen LogP contribution in [0.15, 0.2) is 18.2 Å². The van der Waals surface area contributed by atoms with Gasteiger partial charge >= 0.3 is 0 Å². The van der Waals surface area contributed by atoms with Crippen molar-refractivity contribution >= 4 is 0 Å². The molecule has 0 saturated carbocycles. The zero-order chi connectivity index (χ0) is 11.8. The normalized spacial score (nSPS) is 25.0. The predicted molar refractivity (Wildman–Crippen MR) is 65.0 cm³/mol. The topological polar surface area (TPSA) is 18.5 Å². The molecule has 1 aromatic rings. The Labute approximate surface area is 97.6 Å². The van der Waals surface area contributed by atoms with Crippen LogP contribution in [0.3, 0.4) is 0 Å². The summed E-state index contributed by atoms with van der Waals surface area (Å²) in [6, 6.07) is 6.40. The molecule has 0 amide bonds. The highest BCUT2D eigenvalue weighted by Crippen LogP contribution is 2.42. The molecule has 0 N–H and O–H groups in total. The summed E-state index contributed by atoms with van der Waals surface area (Å²) in [6.45, 7) is 7.34. The second kappa shape index (κ2) is 4.10. The Balaban J connectivity index is 2.41. The number of hydrogen-bond donors (Lipinski definition) is 0. The summed E-state index contributed by atoms with van der Waals surface area (Å²) in [5, 5.41) is 0. The van der Waals surface area contributed by atoms with Crippen molar-refractivity contribution in [3.63, 3.8) is 0 Å². The van der Waals surface area contributed by atoms with Crippen molar-refractivity contribution < 1.29 is 9.47 Å². The largest absolute Gasteiger partial charge is 0.492 e. The SMILES string of the molecule is CCC1(C)COc2ccc(C(C)OC)cc21. The lowest BCUT2D eigenvalue weighted by Gasteiger charge is -2.21. The van der Waals surface area contributed by atoms with Crippen molar-refractivity contribution in [1.29, 1.82) is 0 Å². The molecule has 1 aliphatic rings. The van der Waals surface area contributed by atoms with E-state index >= 15 is 0 Å². The molecule has 1 aromatic carbocycles. The van der Waals surface area contributed by atoms with Crippen LogP contribution in [0, 0.1) is 0 Å². The minimum atomic E-state index is 0.145. The van der Waals surface area contributed by atoms with Crippen LogP contribution in [-0.4, -0.2) is 13.7 Å². The average molecular weight is 220 g/mol. The summed E-state index contributed by atoms with van der Waals surface area (Å²) in [6.07, 6.45) is 1.25. The van der Waals surface area contributed by atoms with Crippen LogP contribution in [0.5, 0.6) is 5.75 Å². The van der Waals surface area contributed by atoms with Crippen LogP contribution in [0.2, 0.25) is 0 Å². The number of ether oxygens (including phenoxy) is 2. The van der Waals surface area contributed by atoms with Crippen LogP contribution in [0.1, 0.15) is 44.4 Å². The molecule has 0 aliphatic carbocycles. The molecule has 2 heteroatoms. The standard InChI is InChI=1S/C14H20O2/c1-5-14(3)9-16-13-7-6-11(8-12(13)14)10(2)15-4/h6-8,10H,5,9H2,1-4H3. The number of rotatable bonds is 3. The molecule has 1 heterocycles. The van der Waals surface area contributed by atoms with Crippen LogP contribution in [-0.2, 0) is 10.2 Å². The molecular formula is C14H20O2. The fraction of sp³-hybridized carbons (Fsp3) is 0.571. The summed E-state index contributed by atoms with van der Waals surface area (Å²) in [7, 11) is 1.74. The van der Waals surface area contributed by atoms with E-state index in [0.29, 0.717) is 0 Å². The second-order valence-electron chi connectivity index (χ2n) is 4.84. The minimum absolute atomic E-state index is 0.145. The number of benzene rings is 1. The monoisotopic (exact) mass is 220 g/mol. The molecule has 2 atom stereocenters. The summed E-state index contributed by atoms with van der Waals surface area (Å²) < 4.78 is 11.1. The highest BCUT2D eigenvalue weighted by molar-refractivity contribution is 5.46. The van der Waals surface area contributed by atoms with Gasteiger partial charge in [-0.25, -0.2) is 0 Å². The van der Waals surface area contributed by atoms with Gasteiger partial charge in [0, 0.05) is 18.1 Å². The first kappa shape index (κ1) is 11.5. The lowest BCUT2D eigenvalue weighted by atomic mass is 9.81. The Morgan fingerprint density at radius 3 is 2.88 bits per heavy atom. The van der Waals surface area contributed by atoms with Gasteiger partial charge in [-0.1, -0.05) is 19.9 Å². The molecule has 2 rings (SSSR count). The van der Waals surface area contributed by atoms with Crippen molar-refractivity contribution in [3.05, 3.63) is 29.3 Å². The molecule has 0 radical (unpaired) electrons. The van der Waals surface area contributed by atoms with Crippen LogP contribution < -0.4 is 4.74 Å². The highest BCUT2D eigenvalue weighted by atomic mass is 16.5. The maximum Gasteiger partial charge on any atom is 0.123 e. The summed E-state index contributed by atoms with van der Waals surface area (Å²) in [5.41, 5.74) is 2.72. The van der Waals surface area contributed by atoms with Crippen molar-refractivity contribution in [2.75, 3.05) is 13.7 Å². The maximum absolute atomic E-state index is 5.73. The van der Waals surface area contributed by atoms with Gasteiger partial charge in [0.25, 0.3) is 0 Å². The van der Waals surface area contributed by atoms with E-state index in [1.54, 1.807) is 7.11 Å². The third-order valence-electron chi connectivity index (χ3n) is 3.80. The van der Waals surface area contributed by atoms with E-state index in [1.807, 2.05) is 0 Å². The van der Waals surface area contributed by atoms with Gasteiger partial charge in [0.05, 0.1) is 12.7 Å². The molecule has 0 spiro atoms. The van der Waals surface area contributed by atoms with Gasteiger partial charge in [-0.3, -0.25) is 0 Å². The maximum atomic E-state index is 5.73. The smallest absolute Gasteiger partial charge is 0.123 e. The molecule has 16 heavy (non-hydrogen) atoms. The average Bonchev–Trinajstić information content (AvgIpc) is 2.66. The Hall–Kier alpha value is -1.02. The quantitative estimate of drug-likeness (QED) is 0.776. The zero-order valence-electron chi connectivity index (χ0n) is 10.5. The van der Waals surface area contributed by atoms with Gasteiger partial charge < -0.3 is 9.47 Å². The van der Waals surface area contributed by atoms with E-state index in [0.717, 1.165) is 18.8 Å². The Morgan fingerprint density at radius 2 is 2.25 bits per heavy atom. The molecule has 2 nitrogen and oxygen atoms in total. The fourth-order valence-electron chi connectivity index (χ4n) is 2.14. The van der Waals surface area contributed by atoms with Crippen molar-refractivity contribution in [2.45, 2.75) is 38.7 Å². The van der Waals surface area contributed by atoms with Crippen molar-refractivity contribution in [1.82, 2.24) is 0 Å². The molecule has 0 saturated heterocycles. The molecule has 1 aliphatic heterocycles. The van der Waals surface area contributed by atoms with E-state index < -0.39 is 0 Å². The van der Waals surface area contributed by atoms with E-state index in [9.17, 15) is 0 Å². The van der Waals surface area contributed by atoms with E-state index in [4.69, 9.17) is 9.47 Å². The third kappa shape index (κ3) is 1.71. The first-order chi connectivity index (χ1) is 7.60. The Bertz CT molecular complexity index is 386. The molecular weight excluding hydrogens is 200 g/mol. The summed E-state index contributed by atoms with van der Waals surface area (Å²) in [5.74, 6) is 1.04. The van der Waals surface area contributed by atoms with Gasteiger partial charge in [-0.05, 0) is 31.0 Å². The zero-order valence-corrected chi connectivity index (χ0v) is 10.5. The van der Waals surface area contributed by atoms with Crippen LogP contribution >= 0.6 is 0 Å². The molecule has 2 unspecified atom stereocenters. The first-order valence-corrected chi connectivity index (χ1v) is 5.91. The number of methoxy groups -OCH3 is 1. The first-order valence-electron chi connectivity index (χ1n) is 5.91. The van der Waals surface area contributed by atoms with Gasteiger partial charge in [-0.15, -0.1) is 0 Å². The van der Waals surface area contributed by atoms with E-state index in [1.165, 1.54) is 11.1 Å². The van der Waals surface area contributed by atoms with E-state index in [2.05, 4.69) is 39.0 Å². The predicted octanol–water partition coefficient (Wildman–Crippen LogP) is 3.45. The molecule has 0 fully saturated rings. The summed E-state index contributed by atoms with van der Waals surface area (Å²) >= 11 is 0. The van der Waals surface area contributed by atoms with E-state index in [-0.39, 0.29) is 11.5 Å². The fourth-order valence-corrected chi connectivity index (χ4v) is 2.14. The molecule has 88 valence electrons. The third-order valence-corrected chi connectivity index (χ3v) is 3.80. The van der Waals surface area contributed by atoms with Gasteiger partial charge in [-0.2, -0.15) is 0 Å². The number of fused-ring (bicyclic) bond motifs is 1. The lowest BCUT2D eigenvalue weighted by Crippen LogP contribution is -2.22. The summed E-state index contributed by atoms with van der Waals surface area (Å²) in [4.78, 5) is 0. The molecule has 0 bridgehead atoms. The number of hydrogen-bond acceptors (Lipinski definition) is 2. The Morgan fingerprint density at radius 1 is 1.50 bits per heavy atom. The van der Waals surface area contributed by atoms with Gasteiger partial charge in [0.2, 0.25) is 0 Å². The minimum Gasteiger partial charge on any atom is -0.492 e. The van der Waals surface area contributed by atoms with Crippen molar-refractivity contribution in [3.8, 4) is 5.75 Å². The lowest BCUT2D eigenvalue weighted by molar-refractivity contribution is 0.119. The highest BCUT2D eigenvalue weighted by Gasteiger charge is 2.34.